The molecule has 0 fully saturated rings. The van der Waals surface area contributed by atoms with Crippen LogP contribution in [0.3, 0.4) is 0 Å². The van der Waals surface area contributed by atoms with E-state index in [0.717, 1.165) is 5.69 Å². The molecule has 2 heteroatoms. The zero-order chi connectivity index (χ0) is 8.81. The quantitative estimate of drug-likeness (QED) is 0.525. The Morgan fingerprint density at radius 3 is 2.58 bits per heavy atom. The maximum absolute atomic E-state index is 9.03. The minimum atomic E-state index is 0.179. The zero-order valence-corrected chi connectivity index (χ0v) is 6.94. The molecule has 1 aromatic rings. The second kappa shape index (κ2) is 4.34. The van der Waals surface area contributed by atoms with E-state index in [1.165, 1.54) is 6.21 Å². The Hall–Kier alpha value is -1.57. The fraction of sp³-hybridized carbons (Fsp3) is 0.100. The van der Waals surface area contributed by atoms with E-state index in [2.05, 4.69) is 4.99 Å². The lowest BCUT2D eigenvalue weighted by Crippen LogP contribution is -1.78. The number of nitrogens with zero attached hydrogens (tertiary/aromatic N) is 1. The topological polar surface area (TPSA) is 32.6 Å². The Kier molecular flexibility index (Phi) is 3.08. The molecule has 0 unspecified atom stereocenters. The average Bonchev–Trinajstić information content (AvgIpc) is 2.16. The molecule has 0 amide bonds. The van der Waals surface area contributed by atoms with Crippen LogP contribution in [0, 0.1) is 0 Å². The van der Waals surface area contributed by atoms with E-state index >= 15 is 0 Å². The van der Waals surface area contributed by atoms with Crippen LogP contribution in [-0.4, -0.2) is 11.3 Å². The molecule has 0 heterocycles. The van der Waals surface area contributed by atoms with E-state index in [1.54, 1.807) is 13.0 Å². The van der Waals surface area contributed by atoms with E-state index in [9.17, 15) is 0 Å². The largest absolute Gasteiger partial charge is 0.507 e. The predicted octanol–water partition coefficient (Wildman–Crippen LogP) is 2.85. The first-order valence-electron chi connectivity index (χ1n) is 3.77. The second-order valence-electron chi connectivity index (χ2n) is 2.31. The van der Waals surface area contributed by atoms with Crippen LogP contribution in [-0.2, 0) is 0 Å². The van der Waals surface area contributed by atoms with Gasteiger partial charge < -0.3 is 5.11 Å². The summed E-state index contributed by atoms with van der Waals surface area (Å²) in [6.07, 6.45) is 3.02. The first kappa shape index (κ1) is 8.53. The van der Waals surface area contributed by atoms with E-state index in [4.69, 9.17) is 5.11 Å². The molecule has 0 saturated carbocycles. The normalized spacial score (nSPS) is 12.2. The number of aliphatic hydroxyl groups is 1. The van der Waals surface area contributed by atoms with Crippen molar-refractivity contribution < 1.29 is 5.11 Å². The summed E-state index contributed by atoms with van der Waals surface area (Å²) in [7, 11) is 0. The molecule has 0 spiro atoms. The fourth-order valence-corrected chi connectivity index (χ4v) is 0.729. The fourth-order valence-electron chi connectivity index (χ4n) is 0.729. The van der Waals surface area contributed by atoms with Gasteiger partial charge in [-0.05, 0) is 25.1 Å². The molecule has 12 heavy (non-hydrogen) atoms. The molecule has 2 nitrogen and oxygen atoms in total. The van der Waals surface area contributed by atoms with E-state index in [0.29, 0.717) is 0 Å². The lowest BCUT2D eigenvalue weighted by atomic mass is 10.3. The van der Waals surface area contributed by atoms with Gasteiger partial charge in [-0.3, -0.25) is 4.99 Å². The Morgan fingerprint density at radius 1 is 1.33 bits per heavy atom. The van der Waals surface area contributed by atoms with Gasteiger partial charge in [-0.1, -0.05) is 18.2 Å². The van der Waals surface area contributed by atoms with Crippen molar-refractivity contribution in [2.24, 2.45) is 4.99 Å². The third kappa shape index (κ3) is 2.58. The first-order chi connectivity index (χ1) is 5.83. The van der Waals surface area contributed by atoms with Crippen LogP contribution in [0.4, 0.5) is 5.69 Å². The molecular formula is C10H11NO. The summed E-state index contributed by atoms with van der Waals surface area (Å²) in [4.78, 5) is 4.03. The van der Waals surface area contributed by atoms with Crippen molar-refractivity contribution in [1.82, 2.24) is 0 Å². The van der Waals surface area contributed by atoms with Gasteiger partial charge in [0.2, 0.25) is 0 Å². The standard InChI is InChI=1S/C10H11NO/c1-2-10(12)8-11-9-6-4-3-5-7-9/h2-8,12H,1H3. The molecule has 0 saturated heterocycles. The van der Waals surface area contributed by atoms with Gasteiger partial charge >= 0.3 is 0 Å². The molecule has 0 aromatic heterocycles. The average molecular weight is 161 g/mol. The molecule has 1 rings (SSSR count). The summed E-state index contributed by atoms with van der Waals surface area (Å²) in [5, 5.41) is 9.03. The number of benzene rings is 1. The van der Waals surface area contributed by atoms with Crippen molar-refractivity contribution in [3.05, 3.63) is 42.2 Å². The lowest BCUT2D eigenvalue weighted by Gasteiger charge is -1.90. The number of aliphatic imine (C=N–C) groups is 1. The summed E-state index contributed by atoms with van der Waals surface area (Å²) in [5.74, 6) is 0.179. The summed E-state index contributed by atoms with van der Waals surface area (Å²) < 4.78 is 0. The smallest absolute Gasteiger partial charge is 0.129 e. The molecule has 62 valence electrons. The van der Waals surface area contributed by atoms with Crippen molar-refractivity contribution >= 4 is 11.9 Å². The van der Waals surface area contributed by atoms with E-state index in [1.807, 2.05) is 30.3 Å². The van der Waals surface area contributed by atoms with Gasteiger partial charge in [-0.2, -0.15) is 0 Å². The van der Waals surface area contributed by atoms with Crippen molar-refractivity contribution in [3.8, 4) is 0 Å². The third-order valence-corrected chi connectivity index (χ3v) is 1.40. The molecule has 0 atom stereocenters. The monoisotopic (exact) mass is 161 g/mol. The van der Waals surface area contributed by atoms with Crippen LogP contribution >= 0.6 is 0 Å². The zero-order valence-electron chi connectivity index (χ0n) is 6.94. The summed E-state index contributed by atoms with van der Waals surface area (Å²) in [6.45, 7) is 1.76. The maximum Gasteiger partial charge on any atom is 0.129 e. The van der Waals surface area contributed by atoms with Gasteiger partial charge in [-0.25, -0.2) is 0 Å². The van der Waals surface area contributed by atoms with Crippen LogP contribution in [0.5, 0.6) is 0 Å². The summed E-state index contributed by atoms with van der Waals surface area (Å²) in [5.41, 5.74) is 0.839. The van der Waals surface area contributed by atoms with Crippen LogP contribution in [0.2, 0.25) is 0 Å². The number of para-hydroxylation sites is 1. The maximum atomic E-state index is 9.03. The predicted molar refractivity (Wildman–Crippen MR) is 51.0 cm³/mol. The molecule has 1 N–H and O–H groups in total. The molecule has 0 aliphatic rings. The highest BCUT2D eigenvalue weighted by Crippen LogP contribution is 2.08. The van der Waals surface area contributed by atoms with E-state index in [-0.39, 0.29) is 5.76 Å². The van der Waals surface area contributed by atoms with Gasteiger partial charge in [0, 0.05) is 0 Å². The van der Waals surface area contributed by atoms with Crippen LogP contribution in [0.1, 0.15) is 6.92 Å². The molecule has 0 radical (unpaired) electrons. The number of allylic oxidation sites excluding steroid dienone is 2. The number of aliphatic hydroxyl groups excluding tert-OH is 1. The summed E-state index contributed by atoms with van der Waals surface area (Å²) in [6, 6.07) is 9.48. The Bertz CT molecular complexity index is 288. The Balaban J connectivity index is 2.70. The number of hydrogen-bond acceptors (Lipinski definition) is 2. The SMILES string of the molecule is CC=C(O)C=Nc1ccccc1. The van der Waals surface area contributed by atoms with Gasteiger partial charge in [0.15, 0.2) is 0 Å². The van der Waals surface area contributed by atoms with Crippen molar-refractivity contribution in [3.63, 3.8) is 0 Å². The number of rotatable bonds is 2. The molecule has 0 aliphatic heterocycles. The minimum Gasteiger partial charge on any atom is -0.507 e. The molecule has 0 aliphatic carbocycles. The highest BCUT2D eigenvalue weighted by atomic mass is 16.3. The third-order valence-electron chi connectivity index (χ3n) is 1.40. The van der Waals surface area contributed by atoms with E-state index < -0.39 is 0 Å². The van der Waals surface area contributed by atoms with Crippen molar-refractivity contribution in [1.29, 1.82) is 0 Å². The van der Waals surface area contributed by atoms with Crippen LogP contribution < -0.4 is 0 Å². The van der Waals surface area contributed by atoms with Crippen LogP contribution in [0.25, 0.3) is 0 Å². The first-order valence-corrected chi connectivity index (χ1v) is 3.77. The molecule has 0 bridgehead atoms. The highest BCUT2D eigenvalue weighted by Gasteiger charge is 1.84. The van der Waals surface area contributed by atoms with Gasteiger partial charge in [-0.15, -0.1) is 0 Å². The van der Waals surface area contributed by atoms with Crippen molar-refractivity contribution in [2.75, 3.05) is 0 Å². The Morgan fingerprint density at radius 2 is 2.00 bits per heavy atom. The van der Waals surface area contributed by atoms with Gasteiger partial charge in [0.1, 0.15) is 5.76 Å². The van der Waals surface area contributed by atoms with Gasteiger partial charge in [0.05, 0.1) is 11.9 Å². The van der Waals surface area contributed by atoms with Gasteiger partial charge in [0.25, 0.3) is 0 Å². The Labute approximate surface area is 71.9 Å². The van der Waals surface area contributed by atoms with Crippen LogP contribution in [0.15, 0.2) is 47.2 Å². The van der Waals surface area contributed by atoms with Crippen molar-refractivity contribution in [2.45, 2.75) is 6.92 Å². The number of hydrogen-bond donors (Lipinski definition) is 1. The molecule has 1 aromatic carbocycles. The second-order valence-corrected chi connectivity index (χ2v) is 2.31. The summed E-state index contributed by atoms with van der Waals surface area (Å²) >= 11 is 0. The lowest BCUT2D eigenvalue weighted by molar-refractivity contribution is 0.445. The minimum absolute atomic E-state index is 0.179. The molecular weight excluding hydrogens is 150 g/mol. The highest BCUT2D eigenvalue weighted by molar-refractivity contribution is 5.77.